The van der Waals surface area contributed by atoms with Crippen molar-refractivity contribution in [3.63, 3.8) is 0 Å². The molecule has 1 aromatic rings. The Labute approximate surface area is 89.9 Å². The summed E-state index contributed by atoms with van der Waals surface area (Å²) in [4.78, 5) is 2.10. The molecule has 0 aromatic heterocycles. The predicted molar refractivity (Wildman–Crippen MR) is 60.9 cm³/mol. The second kappa shape index (κ2) is 4.19. The number of nitrogens with two attached hydrogens (primary N) is 1. The molecule has 3 heteroatoms. The van der Waals surface area contributed by atoms with Crippen LogP contribution in [0, 0.1) is 0 Å². The average Bonchev–Trinajstić information content (AvgIpc) is 2.61. The fourth-order valence-corrected chi connectivity index (χ4v) is 2.11. The van der Waals surface area contributed by atoms with Crippen LogP contribution in [0.25, 0.3) is 0 Å². The number of alkyl halides is 1. The van der Waals surface area contributed by atoms with Gasteiger partial charge < -0.3 is 10.6 Å². The number of hydrogen-bond acceptors (Lipinski definition) is 2. The van der Waals surface area contributed by atoms with Crippen molar-refractivity contribution in [2.24, 2.45) is 5.73 Å². The Morgan fingerprint density at radius 2 is 2.33 bits per heavy atom. The van der Waals surface area contributed by atoms with E-state index in [0.717, 1.165) is 18.5 Å². The quantitative estimate of drug-likeness (QED) is 0.823. The number of rotatable bonds is 3. The summed E-state index contributed by atoms with van der Waals surface area (Å²) < 4.78 is 12.3. The molecule has 0 saturated carbocycles. The summed E-state index contributed by atoms with van der Waals surface area (Å²) >= 11 is 0. The zero-order valence-electron chi connectivity index (χ0n) is 9.04. The van der Waals surface area contributed by atoms with Crippen LogP contribution in [0.4, 0.5) is 10.1 Å². The van der Waals surface area contributed by atoms with Gasteiger partial charge in [0.15, 0.2) is 0 Å². The highest BCUT2D eigenvalue weighted by molar-refractivity contribution is 5.59. The first-order valence-corrected chi connectivity index (χ1v) is 5.41. The molecule has 2 rings (SSSR count). The summed E-state index contributed by atoms with van der Waals surface area (Å²) in [6, 6.07) is 6.33. The Bertz CT molecular complexity index is 349. The monoisotopic (exact) mass is 208 g/mol. The van der Waals surface area contributed by atoms with Crippen LogP contribution < -0.4 is 10.6 Å². The van der Waals surface area contributed by atoms with Gasteiger partial charge in [-0.25, -0.2) is 4.39 Å². The van der Waals surface area contributed by atoms with Crippen LogP contribution in [0.3, 0.4) is 0 Å². The summed E-state index contributed by atoms with van der Waals surface area (Å²) in [7, 11) is 0. The second-order valence-electron chi connectivity index (χ2n) is 4.10. The van der Waals surface area contributed by atoms with E-state index in [4.69, 9.17) is 5.73 Å². The first-order valence-electron chi connectivity index (χ1n) is 5.41. The van der Waals surface area contributed by atoms with E-state index < -0.39 is 0 Å². The third-order valence-electron chi connectivity index (χ3n) is 2.98. The van der Waals surface area contributed by atoms with Gasteiger partial charge in [-0.3, -0.25) is 0 Å². The average molecular weight is 208 g/mol. The van der Waals surface area contributed by atoms with Gasteiger partial charge in [0.05, 0.1) is 0 Å². The lowest BCUT2D eigenvalue weighted by atomic mass is 10.0. The Kier molecular flexibility index (Phi) is 2.91. The zero-order chi connectivity index (χ0) is 10.8. The third-order valence-corrected chi connectivity index (χ3v) is 2.98. The van der Waals surface area contributed by atoms with Gasteiger partial charge in [-0.05, 0) is 30.5 Å². The Balaban J connectivity index is 2.25. The lowest BCUT2D eigenvalue weighted by Gasteiger charge is -2.17. The molecule has 0 aliphatic carbocycles. The Morgan fingerprint density at radius 1 is 1.53 bits per heavy atom. The predicted octanol–water partition coefficient (Wildman–Crippen LogP) is 2.04. The van der Waals surface area contributed by atoms with E-state index in [1.54, 1.807) is 0 Å². The van der Waals surface area contributed by atoms with Gasteiger partial charge >= 0.3 is 0 Å². The van der Waals surface area contributed by atoms with Crippen molar-refractivity contribution in [2.45, 2.75) is 19.4 Å². The van der Waals surface area contributed by atoms with Crippen LogP contribution in [0.5, 0.6) is 0 Å². The SMILES string of the molecule is CC(N)c1ccc2c(c1)CCN2CCF. The maximum Gasteiger partial charge on any atom is 0.107 e. The molecule has 0 fully saturated rings. The number of anilines is 1. The maximum atomic E-state index is 12.3. The van der Waals surface area contributed by atoms with Gasteiger partial charge in [0.25, 0.3) is 0 Å². The number of halogens is 1. The van der Waals surface area contributed by atoms with Crippen LogP contribution in [0.2, 0.25) is 0 Å². The van der Waals surface area contributed by atoms with E-state index in [2.05, 4.69) is 17.0 Å². The first-order chi connectivity index (χ1) is 7.22. The van der Waals surface area contributed by atoms with E-state index in [1.807, 2.05) is 13.0 Å². The largest absolute Gasteiger partial charge is 0.368 e. The first kappa shape index (κ1) is 10.4. The molecule has 1 aliphatic heterocycles. The van der Waals surface area contributed by atoms with Gasteiger partial charge in [0.1, 0.15) is 6.67 Å². The molecular formula is C12H17FN2. The summed E-state index contributed by atoms with van der Waals surface area (Å²) in [5.41, 5.74) is 9.47. The topological polar surface area (TPSA) is 29.3 Å². The van der Waals surface area contributed by atoms with Gasteiger partial charge in [0.2, 0.25) is 0 Å². The van der Waals surface area contributed by atoms with Crippen molar-refractivity contribution in [3.05, 3.63) is 29.3 Å². The van der Waals surface area contributed by atoms with Gasteiger partial charge in [0, 0.05) is 24.8 Å². The molecule has 0 amide bonds. The van der Waals surface area contributed by atoms with E-state index in [9.17, 15) is 4.39 Å². The van der Waals surface area contributed by atoms with Crippen LogP contribution in [-0.4, -0.2) is 19.8 Å². The second-order valence-corrected chi connectivity index (χ2v) is 4.10. The van der Waals surface area contributed by atoms with E-state index in [-0.39, 0.29) is 12.7 Å². The highest BCUT2D eigenvalue weighted by atomic mass is 19.1. The molecule has 0 spiro atoms. The molecule has 1 aromatic carbocycles. The van der Waals surface area contributed by atoms with Gasteiger partial charge in [-0.2, -0.15) is 0 Å². The molecule has 2 N–H and O–H groups in total. The number of nitrogens with zero attached hydrogens (tertiary/aromatic N) is 1. The Morgan fingerprint density at radius 3 is 3.00 bits per heavy atom. The summed E-state index contributed by atoms with van der Waals surface area (Å²) in [5.74, 6) is 0. The van der Waals surface area contributed by atoms with Crippen LogP contribution in [0.15, 0.2) is 18.2 Å². The molecule has 1 aliphatic rings. The number of hydrogen-bond donors (Lipinski definition) is 1. The lowest BCUT2D eigenvalue weighted by molar-refractivity contribution is 0.493. The van der Waals surface area contributed by atoms with Gasteiger partial charge in [-0.1, -0.05) is 12.1 Å². The molecule has 1 heterocycles. The standard InChI is InChI=1S/C12H17FN2/c1-9(14)10-2-3-12-11(8-10)4-6-15(12)7-5-13/h2-3,8-9H,4-7,14H2,1H3. The fraction of sp³-hybridized carbons (Fsp3) is 0.500. The zero-order valence-corrected chi connectivity index (χ0v) is 9.04. The van der Waals surface area contributed by atoms with Crippen molar-refractivity contribution in [1.29, 1.82) is 0 Å². The lowest BCUT2D eigenvalue weighted by Crippen LogP contribution is -2.22. The molecule has 0 saturated heterocycles. The number of fused-ring (bicyclic) bond motifs is 1. The molecule has 1 unspecified atom stereocenters. The van der Waals surface area contributed by atoms with Crippen LogP contribution in [0.1, 0.15) is 24.1 Å². The van der Waals surface area contributed by atoms with E-state index in [0.29, 0.717) is 6.54 Å². The molecule has 0 radical (unpaired) electrons. The van der Waals surface area contributed by atoms with Crippen molar-refractivity contribution >= 4 is 5.69 Å². The van der Waals surface area contributed by atoms with Crippen molar-refractivity contribution in [1.82, 2.24) is 0 Å². The summed E-state index contributed by atoms with van der Waals surface area (Å²) in [6.07, 6.45) is 1.01. The van der Waals surface area contributed by atoms with Crippen molar-refractivity contribution in [2.75, 3.05) is 24.7 Å². The van der Waals surface area contributed by atoms with E-state index >= 15 is 0 Å². The minimum atomic E-state index is -0.283. The number of benzene rings is 1. The van der Waals surface area contributed by atoms with Crippen LogP contribution >= 0.6 is 0 Å². The highest BCUT2D eigenvalue weighted by Gasteiger charge is 2.19. The smallest absolute Gasteiger partial charge is 0.107 e. The maximum absolute atomic E-state index is 12.3. The molecule has 0 bridgehead atoms. The Hall–Kier alpha value is -1.09. The summed E-state index contributed by atoms with van der Waals surface area (Å²) in [5, 5.41) is 0. The molecule has 2 nitrogen and oxygen atoms in total. The molecule has 1 atom stereocenters. The summed E-state index contributed by atoms with van der Waals surface area (Å²) in [6.45, 7) is 3.14. The third kappa shape index (κ3) is 1.97. The highest BCUT2D eigenvalue weighted by Crippen LogP contribution is 2.29. The van der Waals surface area contributed by atoms with Crippen LogP contribution in [-0.2, 0) is 6.42 Å². The normalized spacial score (nSPS) is 16.6. The molecule has 15 heavy (non-hydrogen) atoms. The fourth-order valence-electron chi connectivity index (χ4n) is 2.11. The minimum Gasteiger partial charge on any atom is -0.368 e. The van der Waals surface area contributed by atoms with Crippen molar-refractivity contribution < 1.29 is 4.39 Å². The minimum absolute atomic E-state index is 0.0746. The van der Waals surface area contributed by atoms with Crippen molar-refractivity contribution in [3.8, 4) is 0 Å². The van der Waals surface area contributed by atoms with E-state index in [1.165, 1.54) is 11.3 Å². The molecular weight excluding hydrogens is 191 g/mol. The van der Waals surface area contributed by atoms with Gasteiger partial charge in [-0.15, -0.1) is 0 Å². The molecule has 82 valence electrons.